The van der Waals surface area contributed by atoms with E-state index in [1.165, 1.54) is 48.9 Å². The minimum atomic E-state index is 0.627. The molecule has 3 aromatic heterocycles. The van der Waals surface area contributed by atoms with Crippen molar-refractivity contribution in [3.05, 3.63) is 188 Å². The zero-order chi connectivity index (χ0) is 35.6. The average molecular weight is 690 g/mol. The van der Waals surface area contributed by atoms with Crippen LogP contribution >= 0.6 is 0 Å². The van der Waals surface area contributed by atoms with Gasteiger partial charge in [0.15, 0.2) is 17.5 Å². The van der Waals surface area contributed by atoms with Crippen LogP contribution in [0.4, 0.5) is 0 Å². The van der Waals surface area contributed by atoms with Gasteiger partial charge < -0.3 is 9.13 Å². The van der Waals surface area contributed by atoms with Crippen molar-refractivity contribution in [3.8, 4) is 45.5 Å². The molecule has 11 aromatic rings. The number of benzene rings is 8. The fourth-order valence-corrected chi connectivity index (χ4v) is 8.23. The lowest BCUT2D eigenvalue weighted by Gasteiger charge is -2.14. The van der Waals surface area contributed by atoms with Crippen molar-refractivity contribution in [2.24, 2.45) is 0 Å². The van der Waals surface area contributed by atoms with Crippen LogP contribution < -0.4 is 0 Å². The molecule has 54 heavy (non-hydrogen) atoms. The highest BCUT2D eigenvalue weighted by Gasteiger charge is 2.24. The predicted molar refractivity (Wildman–Crippen MR) is 222 cm³/mol. The Hall–Kier alpha value is -7.37. The molecule has 0 bridgehead atoms. The second kappa shape index (κ2) is 12.1. The van der Waals surface area contributed by atoms with Crippen LogP contribution in [0.5, 0.6) is 0 Å². The summed E-state index contributed by atoms with van der Waals surface area (Å²) in [5, 5.41) is 7.36. The Morgan fingerprint density at radius 1 is 0.296 bits per heavy atom. The smallest absolute Gasteiger partial charge is 0.164 e. The second-order valence-corrected chi connectivity index (χ2v) is 13.6. The SMILES string of the molecule is c1ccc(-c2nc(-c3ccccc3)nc(-c3cccc(-n4c5ccccc5c5c4c4ccccc4c4c6ccccc6n(-c6ccccc6)c45)c3)n2)cc1. The molecule has 252 valence electrons. The van der Waals surface area contributed by atoms with Gasteiger partial charge in [-0.3, -0.25) is 0 Å². The van der Waals surface area contributed by atoms with E-state index in [0.717, 1.165) is 33.6 Å². The minimum absolute atomic E-state index is 0.627. The largest absolute Gasteiger partial charge is 0.309 e. The molecule has 0 aliphatic heterocycles. The first-order valence-corrected chi connectivity index (χ1v) is 18.2. The number of hydrogen-bond acceptors (Lipinski definition) is 3. The number of aromatic nitrogens is 5. The number of hydrogen-bond donors (Lipinski definition) is 0. The summed E-state index contributed by atoms with van der Waals surface area (Å²) >= 11 is 0. The van der Waals surface area contributed by atoms with Crippen molar-refractivity contribution < 1.29 is 0 Å². The van der Waals surface area contributed by atoms with Crippen molar-refractivity contribution in [1.29, 1.82) is 0 Å². The number of para-hydroxylation sites is 3. The normalized spacial score (nSPS) is 11.7. The van der Waals surface area contributed by atoms with E-state index in [1.54, 1.807) is 0 Å². The van der Waals surface area contributed by atoms with Gasteiger partial charge in [-0.15, -0.1) is 0 Å². The Kier molecular flexibility index (Phi) is 6.79. The predicted octanol–water partition coefficient (Wildman–Crippen LogP) is 12.2. The quantitative estimate of drug-likeness (QED) is 0.181. The molecule has 0 aliphatic carbocycles. The van der Waals surface area contributed by atoms with E-state index in [0.29, 0.717) is 17.5 Å². The number of fused-ring (bicyclic) bond motifs is 10. The lowest BCUT2D eigenvalue weighted by Crippen LogP contribution is -2.01. The third kappa shape index (κ3) is 4.62. The molecular weight excluding hydrogens is 659 g/mol. The average Bonchev–Trinajstić information content (AvgIpc) is 3.79. The van der Waals surface area contributed by atoms with Gasteiger partial charge in [0.05, 0.1) is 22.1 Å². The molecule has 0 saturated heterocycles. The van der Waals surface area contributed by atoms with E-state index in [9.17, 15) is 0 Å². The van der Waals surface area contributed by atoms with Gasteiger partial charge in [-0.2, -0.15) is 0 Å². The van der Waals surface area contributed by atoms with E-state index in [1.807, 2.05) is 60.7 Å². The number of nitrogens with zero attached hydrogens (tertiary/aromatic N) is 5. The molecule has 0 spiro atoms. The van der Waals surface area contributed by atoms with Crippen LogP contribution in [0.2, 0.25) is 0 Å². The van der Waals surface area contributed by atoms with Gasteiger partial charge in [-0.1, -0.05) is 152 Å². The molecule has 11 rings (SSSR count). The maximum Gasteiger partial charge on any atom is 0.164 e. The molecule has 0 saturated carbocycles. The molecule has 0 unspecified atom stereocenters. The molecule has 0 atom stereocenters. The Bertz CT molecular complexity index is 3140. The Labute approximate surface area is 311 Å². The lowest BCUT2D eigenvalue weighted by molar-refractivity contribution is 1.07. The van der Waals surface area contributed by atoms with Gasteiger partial charge in [0.25, 0.3) is 0 Å². The van der Waals surface area contributed by atoms with E-state index < -0.39 is 0 Å². The summed E-state index contributed by atoms with van der Waals surface area (Å²) in [7, 11) is 0. The molecule has 5 nitrogen and oxygen atoms in total. The van der Waals surface area contributed by atoms with Gasteiger partial charge in [-0.05, 0) is 41.8 Å². The molecule has 0 N–H and O–H groups in total. The molecular formula is C49H31N5. The van der Waals surface area contributed by atoms with Gasteiger partial charge in [-0.25, -0.2) is 15.0 Å². The Balaban J connectivity index is 1.24. The third-order valence-electron chi connectivity index (χ3n) is 10.5. The molecule has 3 heterocycles. The van der Waals surface area contributed by atoms with Crippen molar-refractivity contribution >= 4 is 54.4 Å². The van der Waals surface area contributed by atoms with E-state index in [2.05, 4.69) is 137 Å². The van der Waals surface area contributed by atoms with Crippen LogP contribution in [-0.4, -0.2) is 24.1 Å². The van der Waals surface area contributed by atoms with Crippen LogP contribution in [0.3, 0.4) is 0 Å². The van der Waals surface area contributed by atoms with Crippen LogP contribution in [0, 0.1) is 0 Å². The summed E-state index contributed by atoms with van der Waals surface area (Å²) in [5.74, 6) is 1.91. The van der Waals surface area contributed by atoms with E-state index in [4.69, 9.17) is 15.0 Å². The Morgan fingerprint density at radius 3 is 1.33 bits per heavy atom. The minimum Gasteiger partial charge on any atom is -0.309 e. The monoisotopic (exact) mass is 689 g/mol. The van der Waals surface area contributed by atoms with Gasteiger partial charge in [0.2, 0.25) is 0 Å². The van der Waals surface area contributed by atoms with Crippen LogP contribution in [-0.2, 0) is 0 Å². The zero-order valence-electron chi connectivity index (χ0n) is 29.1. The van der Waals surface area contributed by atoms with Crippen LogP contribution in [0.15, 0.2) is 188 Å². The molecule has 0 amide bonds. The van der Waals surface area contributed by atoms with E-state index in [-0.39, 0.29) is 0 Å². The molecule has 0 fully saturated rings. The fourth-order valence-electron chi connectivity index (χ4n) is 8.23. The second-order valence-electron chi connectivity index (χ2n) is 13.6. The highest BCUT2D eigenvalue weighted by molar-refractivity contribution is 6.36. The summed E-state index contributed by atoms with van der Waals surface area (Å²) in [6.45, 7) is 0. The van der Waals surface area contributed by atoms with Crippen LogP contribution in [0.1, 0.15) is 0 Å². The summed E-state index contributed by atoms with van der Waals surface area (Å²) in [6, 6.07) is 66.1. The molecule has 0 radical (unpaired) electrons. The molecule has 0 aliphatic rings. The summed E-state index contributed by atoms with van der Waals surface area (Å²) in [6.07, 6.45) is 0. The van der Waals surface area contributed by atoms with Crippen molar-refractivity contribution in [2.75, 3.05) is 0 Å². The lowest BCUT2D eigenvalue weighted by atomic mass is 9.99. The maximum absolute atomic E-state index is 5.07. The summed E-state index contributed by atoms with van der Waals surface area (Å²) < 4.78 is 4.88. The highest BCUT2D eigenvalue weighted by atomic mass is 15.0. The van der Waals surface area contributed by atoms with Crippen molar-refractivity contribution in [3.63, 3.8) is 0 Å². The maximum atomic E-state index is 5.07. The first-order chi connectivity index (χ1) is 26.8. The summed E-state index contributed by atoms with van der Waals surface area (Å²) in [5.41, 5.74) is 9.68. The third-order valence-corrected chi connectivity index (χ3v) is 10.5. The van der Waals surface area contributed by atoms with Gasteiger partial charge in [0.1, 0.15) is 0 Å². The summed E-state index contributed by atoms with van der Waals surface area (Å²) in [4.78, 5) is 15.1. The van der Waals surface area contributed by atoms with Gasteiger partial charge in [0, 0.05) is 55.0 Å². The van der Waals surface area contributed by atoms with Crippen LogP contribution in [0.25, 0.3) is 99.9 Å². The molecule has 5 heteroatoms. The first-order valence-electron chi connectivity index (χ1n) is 18.2. The number of rotatable bonds is 5. The van der Waals surface area contributed by atoms with Gasteiger partial charge >= 0.3 is 0 Å². The topological polar surface area (TPSA) is 48.5 Å². The van der Waals surface area contributed by atoms with Crippen molar-refractivity contribution in [1.82, 2.24) is 24.1 Å². The first kappa shape index (κ1) is 30.3. The molecule has 8 aromatic carbocycles. The zero-order valence-corrected chi connectivity index (χ0v) is 29.1. The highest BCUT2D eigenvalue weighted by Crippen LogP contribution is 2.46. The fraction of sp³-hybridized carbons (Fsp3) is 0. The Morgan fingerprint density at radius 2 is 0.722 bits per heavy atom. The van der Waals surface area contributed by atoms with E-state index >= 15 is 0 Å². The van der Waals surface area contributed by atoms with Crippen molar-refractivity contribution in [2.45, 2.75) is 0 Å². The standard InChI is InChI=1S/C49H31N5/c1-4-17-32(18-5-1)47-50-48(33-19-6-2-7-20-33)52-49(51-47)34-21-16-24-36(31-34)54-42-30-15-13-28-40(42)44-45(54)38-26-11-10-25-37(38)43-39-27-12-14-29-41(39)53(46(43)44)35-22-8-3-9-23-35/h1-31H.